The van der Waals surface area contributed by atoms with Crippen molar-refractivity contribution in [3.05, 3.63) is 70.8 Å². The Kier molecular flexibility index (Phi) is 8.68. The van der Waals surface area contributed by atoms with Crippen LogP contribution >= 0.6 is 0 Å². The molecule has 190 valence electrons. The second-order valence-electron chi connectivity index (χ2n) is 11.7. The van der Waals surface area contributed by atoms with Gasteiger partial charge in [0, 0.05) is 28.6 Å². The third-order valence-electron chi connectivity index (χ3n) is 6.25. The Morgan fingerprint density at radius 1 is 0.743 bits per heavy atom. The average molecular weight is 481 g/mol. The van der Waals surface area contributed by atoms with Crippen LogP contribution < -0.4 is 0 Å². The van der Waals surface area contributed by atoms with Crippen LogP contribution in [-0.4, -0.2) is 37.0 Å². The van der Waals surface area contributed by atoms with E-state index in [9.17, 15) is 9.59 Å². The molecule has 0 atom stereocenters. The maximum absolute atomic E-state index is 12.4. The van der Waals surface area contributed by atoms with Crippen LogP contribution in [0.3, 0.4) is 0 Å². The molecule has 1 aliphatic heterocycles. The van der Waals surface area contributed by atoms with Gasteiger partial charge in [-0.05, 0) is 24.0 Å². The van der Waals surface area contributed by atoms with E-state index in [1.807, 2.05) is 90.1 Å². The predicted molar refractivity (Wildman–Crippen MR) is 138 cm³/mol. The smallest absolute Gasteiger partial charge is 0.168 e. The van der Waals surface area contributed by atoms with Gasteiger partial charge in [-0.15, -0.1) is 0 Å². The molecule has 0 amide bonds. The van der Waals surface area contributed by atoms with Crippen LogP contribution in [0.15, 0.2) is 48.5 Å². The average Bonchev–Trinajstić information content (AvgIpc) is 3.26. The zero-order chi connectivity index (χ0) is 25.7. The van der Waals surface area contributed by atoms with Gasteiger partial charge in [0.05, 0.1) is 26.4 Å². The van der Waals surface area contributed by atoms with Gasteiger partial charge in [0.2, 0.25) is 0 Å². The first-order valence-electron chi connectivity index (χ1n) is 12.5. The van der Waals surface area contributed by atoms with Crippen LogP contribution in [0.1, 0.15) is 86.2 Å². The zero-order valence-electron chi connectivity index (χ0n) is 22.1. The van der Waals surface area contributed by atoms with Crippen LogP contribution in [0.4, 0.5) is 0 Å². The van der Waals surface area contributed by atoms with E-state index in [0.717, 1.165) is 35.1 Å². The van der Waals surface area contributed by atoms with Crippen molar-refractivity contribution in [1.82, 2.24) is 0 Å². The summed E-state index contributed by atoms with van der Waals surface area (Å²) in [4.78, 5) is 24.8. The molecule has 5 heteroatoms. The molecule has 5 nitrogen and oxygen atoms in total. The first-order valence-corrected chi connectivity index (χ1v) is 12.5. The van der Waals surface area contributed by atoms with E-state index in [0.29, 0.717) is 33.0 Å². The van der Waals surface area contributed by atoms with Crippen LogP contribution in [0, 0.1) is 10.8 Å². The summed E-state index contributed by atoms with van der Waals surface area (Å²) < 4.78 is 18.1. The summed E-state index contributed by atoms with van der Waals surface area (Å²) in [7, 11) is 0. The second kappa shape index (κ2) is 11.2. The van der Waals surface area contributed by atoms with E-state index in [2.05, 4.69) is 0 Å². The minimum absolute atomic E-state index is 0.135. The lowest BCUT2D eigenvalue weighted by molar-refractivity contribution is -0.113. The molecule has 3 rings (SSSR count). The number of ketones is 2. The van der Waals surface area contributed by atoms with Gasteiger partial charge in [0.15, 0.2) is 11.6 Å². The van der Waals surface area contributed by atoms with Crippen molar-refractivity contribution in [2.45, 2.75) is 73.2 Å². The van der Waals surface area contributed by atoms with E-state index >= 15 is 0 Å². The molecule has 2 aromatic rings. The second-order valence-corrected chi connectivity index (χ2v) is 11.7. The summed E-state index contributed by atoms with van der Waals surface area (Å²) in [6.07, 6.45) is 1.88. The van der Waals surface area contributed by atoms with Gasteiger partial charge >= 0.3 is 0 Å². The number of ether oxygens (including phenoxy) is 3. The van der Waals surface area contributed by atoms with Gasteiger partial charge in [0.1, 0.15) is 5.60 Å². The number of benzene rings is 2. The van der Waals surface area contributed by atoms with Gasteiger partial charge in [-0.3, -0.25) is 9.59 Å². The molecule has 0 saturated carbocycles. The third-order valence-corrected chi connectivity index (χ3v) is 6.25. The first-order chi connectivity index (χ1) is 16.4. The maximum Gasteiger partial charge on any atom is 0.168 e. The van der Waals surface area contributed by atoms with E-state index in [1.54, 1.807) is 0 Å². The summed E-state index contributed by atoms with van der Waals surface area (Å²) >= 11 is 0. The van der Waals surface area contributed by atoms with Crippen molar-refractivity contribution >= 4 is 11.6 Å². The van der Waals surface area contributed by atoms with Crippen molar-refractivity contribution in [3.8, 4) is 0 Å². The highest BCUT2D eigenvalue weighted by Crippen LogP contribution is 2.28. The molecular weight excluding hydrogens is 440 g/mol. The Hall–Kier alpha value is -2.34. The standard InChI is InChI=1S/C30H40O5/c1-28(2,3)26(31)24-12-8-22(9-13-24)18-33-20-30(16-7-17-35-30)21-34-19-23-10-14-25(15-11-23)27(32)29(4,5)6/h8-15H,7,16-21H2,1-6H3. The number of rotatable bonds is 10. The molecule has 0 spiro atoms. The fourth-order valence-corrected chi connectivity index (χ4v) is 4.11. The molecular formula is C30H40O5. The molecule has 2 aromatic carbocycles. The predicted octanol–water partition coefficient (Wildman–Crippen LogP) is 6.43. The molecule has 0 radical (unpaired) electrons. The molecule has 0 N–H and O–H groups in total. The fourth-order valence-electron chi connectivity index (χ4n) is 4.11. The fraction of sp³-hybridized carbons (Fsp3) is 0.533. The molecule has 1 fully saturated rings. The molecule has 1 saturated heterocycles. The number of carbonyl (C=O) groups is 2. The van der Waals surface area contributed by atoms with Gasteiger partial charge in [0.25, 0.3) is 0 Å². The highest BCUT2D eigenvalue weighted by Gasteiger charge is 2.36. The van der Waals surface area contributed by atoms with Crippen molar-refractivity contribution in [2.75, 3.05) is 19.8 Å². The van der Waals surface area contributed by atoms with E-state index in [4.69, 9.17) is 14.2 Å². The lowest BCUT2D eigenvalue weighted by atomic mass is 9.86. The largest absolute Gasteiger partial charge is 0.374 e. The maximum atomic E-state index is 12.4. The number of Topliss-reactive ketones (excluding diaryl/α,β-unsaturated/α-hetero) is 2. The normalized spacial score (nSPS) is 15.8. The third kappa shape index (κ3) is 7.57. The number of carbonyl (C=O) groups excluding carboxylic acids is 2. The van der Waals surface area contributed by atoms with Crippen LogP contribution in [0.25, 0.3) is 0 Å². The summed E-state index contributed by atoms with van der Waals surface area (Å²) in [5.41, 5.74) is 2.27. The number of hydrogen-bond donors (Lipinski definition) is 0. The Balaban J connectivity index is 1.49. The Morgan fingerprint density at radius 2 is 1.14 bits per heavy atom. The lowest BCUT2D eigenvalue weighted by Gasteiger charge is -2.28. The lowest BCUT2D eigenvalue weighted by Crippen LogP contribution is -2.39. The Morgan fingerprint density at radius 3 is 1.46 bits per heavy atom. The van der Waals surface area contributed by atoms with Crippen molar-refractivity contribution in [3.63, 3.8) is 0 Å². The van der Waals surface area contributed by atoms with Crippen molar-refractivity contribution < 1.29 is 23.8 Å². The van der Waals surface area contributed by atoms with Crippen LogP contribution in [0.5, 0.6) is 0 Å². The highest BCUT2D eigenvalue weighted by molar-refractivity contribution is 6.00. The first kappa shape index (κ1) is 27.3. The van der Waals surface area contributed by atoms with Gasteiger partial charge in [-0.2, -0.15) is 0 Å². The quantitative estimate of drug-likeness (QED) is 0.367. The van der Waals surface area contributed by atoms with Gasteiger partial charge < -0.3 is 14.2 Å². The minimum Gasteiger partial charge on any atom is -0.374 e. The Labute approximate surface area is 210 Å². The molecule has 1 heterocycles. The van der Waals surface area contributed by atoms with Gasteiger partial charge in [-0.25, -0.2) is 0 Å². The molecule has 0 aromatic heterocycles. The molecule has 35 heavy (non-hydrogen) atoms. The SMILES string of the molecule is CC(C)(C)C(=O)c1ccc(COCC2(COCc3ccc(C(=O)C(C)(C)C)cc3)CCCO2)cc1. The molecule has 0 bridgehead atoms. The van der Waals surface area contributed by atoms with Crippen molar-refractivity contribution in [1.29, 1.82) is 0 Å². The summed E-state index contributed by atoms with van der Waals surface area (Å²) in [5.74, 6) is 0.270. The topological polar surface area (TPSA) is 61.8 Å². The monoisotopic (exact) mass is 480 g/mol. The van der Waals surface area contributed by atoms with Crippen molar-refractivity contribution in [2.24, 2.45) is 10.8 Å². The number of hydrogen-bond acceptors (Lipinski definition) is 5. The summed E-state index contributed by atoms with van der Waals surface area (Å²) in [6.45, 7) is 14.1. The van der Waals surface area contributed by atoms with E-state index in [1.165, 1.54) is 0 Å². The van der Waals surface area contributed by atoms with Crippen LogP contribution in [-0.2, 0) is 27.4 Å². The van der Waals surface area contributed by atoms with Gasteiger partial charge in [-0.1, -0.05) is 90.1 Å². The molecule has 0 unspecified atom stereocenters. The summed E-state index contributed by atoms with van der Waals surface area (Å²) in [6, 6.07) is 15.3. The summed E-state index contributed by atoms with van der Waals surface area (Å²) in [5, 5.41) is 0. The van der Waals surface area contributed by atoms with E-state index in [-0.39, 0.29) is 11.6 Å². The minimum atomic E-state index is -0.440. The highest BCUT2D eigenvalue weighted by atomic mass is 16.6. The Bertz CT molecular complexity index is 908. The van der Waals surface area contributed by atoms with E-state index < -0.39 is 16.4 Å². The molecule has 0 aliphatic carbocycles. The zero-order valence-corrected chi connectivity index (χ0v) is 22.1. The molecule has 1 aliphatic rings. The van der Waals surface area contributed by atoms with Crippen LogP contribution in [0.2, 0.25) is 0 Å².